The minimum absolute atomic E-state index is 0.0153. The lowest BCUT2D eigenvalue weighted by atomic mass is 9.96. The lowest BCUT2D eigenvalue weighted by Gasteiger charge is -2.32. The third-order valence-electron chi connectivity index (χ3n) is 4.48. The Bertz CT molecular complexity index is 726. The van der Waals surface area contributed by atoms with Gasteiger partial charge >= 0.3 is 0 Å². The molecule has 0 atom stereocenters. The summed E-state index contributed by atoms with van der Waals surface area (Å²) in [5.41, 5.74) is 0.426. The second-order valence-corrected chi connectivity index (χ2v) is 6.13. The number of nitrogens with one attached hydrogen (secondary N) is 1. The van der Waals surface area contributed by atoms with E-state index in [-0.39, 0.29) is 11.6 Å². The second-order valence-electron chi connectivity index (χ2n) is 6.13. The number of pyridine rings is 1. The number of non-ortho nitro benzene ring substituents is 1. The maximum Gasteiger partial charge on any atom is 0.269 e. The van der Waals surface area contributed by atoms with E-state index in [1.807, 2.05) is 18.2 Å². The van der Waals surface area contributed by atoms with Crippen LogP contribution < -0.4 is 10.2 Å². The van der Waals surface area contributed by atoms with Gasteiger partial charge in [0, 0.05) is 43.5 Å². The summed E-state index contributed by atoms with van der Waals surface area (Å²) in [4.78, 5) is 28.9. The summed E-state index contributed by atoms with van der Waals surface area (Å²) in [6.45, 7) is 2.47. The van der Waals surface area contributed by atoms with Gasteiger partial charge in [0.2, 0.25) is 0 Å². The molecule has 0 aliphatic carbocycles. The van der Waals surface area contributed by atoms with Crippen molar-refractivity contribution >= 4 is 17.4 Å². The van der Waals surface area contributed by atoms with Gasteiger partial charge < -0.3 is 10.2 Å². The molecule has 0 saturated carbocycles. The fourth-order valence-corrected chi connectivity index (χ4v) is 2.98. The van der Waals surface area contributed by atoms with Crippen molar-refractivity contribution in [2.24, 2.45) is 5.92 Å². The Morgan fingerprint density at radius 3 is 2.52 bits per heavy atom. The van der Waals surface area contributed by atoms with Gasteiger partial charge in [-0.1, -0.05) is 6.07 Å². The predicted octanol–water partition coefficient (Wildman–Crippen LogP) is 2.64. The first-order chi connectivity index (χ1) is 12.1. The van der Waals surface area contributed by atoms with Crippen LogP contribution in [0, 0.1) is 16.0 Å². The van der Waals surface area contributed by atoms with E-state index in [9.17, 15) is 14.9 Å². The number of hydrogen-bond acceptors (Lipinski definition) is 5. The molecular weight excluding hydrogens is 320 g/mol. The highest BCUT2D eigenvalue weighted by atomic mass is 16.6. The topological polar surface area (TPSA) is 88.4 Å². The van der Waals surface area contributed by atoms with Crippen LogP contribution in [0.2, 0.25) is 0 Å². The van der Waals surface area contributed by atoms with Crippen LogP contribution in [0.1, 0.15) is 23.2 Å². The summed E-state index contributed by atoms with van der Waals surface area (Å²) >= 11 is 0. The monoisotopic (exact) mass is 340 g/mol. The van der Waals surface area contributed by atoms with Crippen molar-refractivity contribution in [2.75, 3.05) is 24.5 Å². The number of rotatable bonds is 5. The highest BCUT2D eigenvalue weighted by Gasteiger charge is 2.20. The van der Waals surface area contributed by atoms with Gasteiger partial charge in [-0.25, -0.2) is 4.98 Å². The molecule has 1 N–H and O–H groups in total. The lowest BCUT2D eigenvalue weighted by molar-refractivity contribution is -0.384. The molecule has 1 aromatic heterocycles. The minimum atomic E-state index is -0.475. The summed E-state index contributed by atoms with van der Waals surface area (Å²) in [6.07, 6.45) is 3.79. The highest BCUT2D eigenvalue weighted by Crippen LogP contribution is 2.21. The van der Waals surface area contributed by atoms with E-state index >= 15 is 0 Å². The molecule has 7 nitrogen and oxygen atoms in total. The molecule has 0 spiro atoms. The van der Waals surface area contributed by atoms with Crippen LogP contribution in [0.25, 0.3) is 0 Å². The third kappa shape index (κ3) is 4.32. The molecule has 25 heavy (non-hydrogen) atoms. The number of nitrogens with zero attached hydrogens (tertiary/aromatic N) is 3. The van der Waals surface area contributed by atoms with Crippen molar-refractivity contribution in [3.05, 3.63) is 64.3 Å². The molecule has 1 fully saturated rings. The number of nitro groups is 1. The molecule has 7 heteroatoms. The van der Waals surface area contributed by atoms with Crippen LogP contribution in [0.4, 0.5) is 11.5 Å². The van der Waals surface area contributed by atoms with Crippen molar-refractivity contribution < 1.29 is 9.72 Å². The van der Waals surface area contributed by atoms with Crippen LogP contribution in [-0.2, 0) is 0 Å². The van der Waals surface area contributed by atoms with Crippen LogP contribution in [0.5, 0.6) is 0 Å². The van der Waals surface area contributed by atoms with Gasteiger partial charge in [-0.2, -0.15) is 0 Å². The number of anilines is 1. The molecule has 0 radical (unpaired) electrons. The van der Waals surface area contributed by atoms with Gasteiger partial charge in [0.05, 0.1) is 4.92 Å². The molecule has 1 saturated heterocycles. The SMILES string of the molecule is O=C(NCC1CCN(c2ccccn2)CC1)c1ccc([N+](=O)[O-])cc1. The quantitative estimate of drug-likeness (QED) is 0.668. The number of piperidine rings is 1. The largest absolute Gasteiger partial charge is 0.357 e. The van der Waals surface area contributed by atoms with E-state index in [0.717, 1.165) is 31.7 Å². The van der Waals surface area contributed by atoms with E-state index in [2.05, 4.69) is 15.2 Å². The van der Waals surface area contributed by atoms with Crippen molar-refractivity contribution in [2.45, 2.75) is 12.8 Å². The molecular formula is C18H20N4O3. The van der Waals surface area contributed by atoms with Gasteiger partial charge in [0.1, 0.15) is 5.82 Å². The average Bonchev–Trinajstić information content (AvgIpc) is 2.67. The number of hydrogen-bond donors (Lipinski definition) is 1. The smallest absolute Gasteiger partial charge is 0.269 e. The molecule has 1 aliphatic rings. The fraction of sp³-hybridized carbons (Fsp3) is 0.333. The number of nitro benzene ring substituents is 1. The number of carbonyl (C=O) groups is 1. The van der Waals surface area contributed by atoms with Crippen molar-refractivity contribution in [3.63, 3.8) is 0 Å². The summed E-state index contributed by atoms with van der Waals surface area (Å²) in [5.74, 6) is 1.24. The molecule has 0 bridgehead atoms. The van der Waals surface area contributed by atoms with Crippen LogP contribution >= 0.6 is 0 Å². The molecule has 1 aliphatic heterocycles. The summed E-state index contributed by atoms with van der Waals surface area (Å²) < 4.78 is 0. The lowest BCUT2D eigenvalue weighted by Crippen LogP contribution is -2.39. The number of aromatic nitrogens is 1. The molecule has 2 heterocycles. The number of carbonyl (C=O) groups excluding carboxylic acids is 1. The first-order valence-corrected chi connectivity index (χ1v) is 8.32. The second kappa shape index (κ2) is 7.74. The Kier molecular flexibility index (Phi) is 5.23. The van der Waals surface area contributed by atoms with Gasteiger partial charge in [-0.15, -0.1) is 0 Å². The van der Waals surface area contributed by atoms with Gasteiger partial charge in [-0.05, 0) is 43.0 Å². The minimum Gasteiger partial charge on any atom is -0.357 e. The van der Waals surface area contributed by atoms with E-state index in [1.165, 1.54) is 24.3 Å². The van der Waals surface area contributed by atoms with E-state index in [0.29, 0.717) is 18.0 Å². The van der Waals surface area contributed by atoms with Crippen molar-refractivity contribution in [1.82, 2.24) is 10.3 Å². The van der Waals surface area contributed by atoms with Gasteiger partial charge in [-0.3, -0.25) is 14.9 Å². The molecule has 2 aromatic rings. The van der Waals surface area contributed by atoms with E-state index in [4.69, 9.17) is 0 Å². The van der Waals surface area contributed by atoms with E-state index in [1.54, 1.807) is 6.20 Å². The Morgan fingerprint density at radius 2 is 1.92 bits per heavy atom. The molecule has 1 aromatic carbocycles. The van der Waals surface area contributed by atoms with Crippen molar-refractivity contribution in [3.8, 4) is 0 Å². The van der Waals surface area contributed by atoms with Crippen LogP contribution in [0.15, 0.2) is 48.7 Å². The normalized spacial score (nSPS) is 15.0. The average molecular weight is 340 g/mol. The summed E-state index contributed by atoms with van der Waals surface area (Å²) in [6, 6.07) is 11.6. The molecule has 3 rings (SSSR count). The maximum atomic E-state index is 12.2. The predicted molar refractivity (Wildman–Crippen MR) is 94.6 cm³/mol. The summed E-state index contributed by atoms with van der Waals surface area (Å²) in [5, 5.41) is 13.6. The van der Waals surface area contributed by atoms with Gasteiger partial charge in [0.15, 0.2) is 0 Å². The molecule has 0 unspecified atom stereocenters. The first-order valence-electron chi connectivity index (χ1n) is 8.32. The standard InChI is InChI=1S/C18H20N4O3/c23-18(15-4-6-16(7-5-15)22(24)25)20-13-14-8-11-21(12-9-14)17-3-1-2-10-19-17/h1-7,10,14H,8-9,11-13H2,(H,20,23). The Labute approximate surface area is 145 Å². The fourth-order valence-electron chi connectivity index (χ4n) is 2.98. The highest BCUT2D eigenvalue weighted by molar-refractivity contribution is 5.94. The number of benzene rings is 1. The zero-order valence-corrected chi connectivity index (χ0v) is 13.8. The number of amides is 1. The summed E-state index contributed by atoms with van der Waals surface area (Å²) in [7, 11) is 0. The first kappa shape index (κ1) is 16.9. The molecule has 130 valence electrons. The molecule has 1 amide bonds. The van der Waals surface area contributed by atoms with Crippen LogP contribution in [-0.4, -0.2) is 35.4 Å². The zero-order valence-electron chi connectivity index (χ0n) is 13.8. The van der Waals surface area contributed by atoms with Gasteiger partial charge in [0.25, 0.3) is 11.6 Å². The maximum absolute atomic E-state index is 12.2. The third-order valence-corrected chi connectivity index (χ3v) is 4.48. The zero-order chi connectivity index (χ0) is 17.6. The Balaban J connectivity index is 1.46. The Hall–Kier alpha value is -2.96. The van der Waals surface area contributed by atoms with Crippen molar-refractivity contribution in [1.29, 1.82) is 0 Å². The van der Waals surface area contributed by atoms with E-state index < -0.39 is 4.92 Å². The van der Waals surface area contributed by atoms with Crippen LogP contribution in [0.3, 0.4) is 0 Å². The Morgan fingerprint density at radius 1 is 1.20 bits per heavy atom.